The van der Waals surface area contributed by atoms with Gasteiger partial charge in [0.05, 0.1) is 11.0 Å². The number of hydrogen-bond acceptors (Lipinski definition) is 4. The van der Waals surface area contributed by atoms with Crippen molar-refractivity contribution in [1.29, 1.82) is 0 Å². The number of halogens is 3. The minimum Gasteiger partial charge on any atom is -0.300 e. The molecule has 0 radical (unpaired) electrons. The molecule has 1 aromatic carbocycles. The first-order valence-corrected chi connectivity index (χ1v) is 7.05. The predicted molar refractivity (Wildman–Crippen MR) is 70.9 cm³/mol. The van der Waals surface area contributed by atoms with Crippen molar-refractivity contribution in [2.45, 2.75) is 24.4 Å². The zero-order chi connectivity index (χ0) is 15.1. The number of carbonyl (C=O) groups excluding carboxylic acids is 1. The van der Waals surface area contributed by atoms with Gasteiger partial charge in [-0.1, -0.05) is 29.5 Å². The first-order chi connectivity index (χ1) is 9.92. The Bertz CT molecular complexity index is 666. The summed E-state index contributed by atoms with van der Waals surface area (Å²) in [5.41, 5.74) is 0.237. The van der Waals surface area contributed by atoms with Crippen molar-refractivity contribution in [2.75, 3.05) is 5.32 Å². The third-order valence-electron chi connectivity index (χ3n) is 3.51. The number of anilines is 1. The van der Waals surface area contributed by atoms with Gasteiger partial charge in [0.2, 0.25) is 11.0 Å². The van der Waals surface area contributed by atoms with Crippen molar-refractivity contribution in [3.05, 3.63) is 40.9 Å². The van der Waals surface area contributed by atoms with Crippen LogP contribution in [-0.4, -0.2) is 16.1 Å². The number of rotatable bonds is 3. The maximum absolute atomic E-state index is 12.8. The molecule has 21 heavy (non-hydrogen) atoms. The summed E-state index contributed by atoms with van der Waals surface area (Å²) in [5.74, 6) is -0.335. The van der Waals surface area contributed by atoms with Crippen LogP contribution in [0.15, 0.2) is 29.8 Å². The third kappa shape index (κ3) is 2.63. The Kier molecular flexibility index (Phi) is 3.20. The lowest BCUT2D eigenvalue weighted by molar-refractivity contribution is -0.137. The van der Waals surface area contributed by atoms with Gasteiger partial charge in [0.15, 0.2) is 0 Å². The van der Waals surface area contributed by atoms with Gasteiger partial charge in [-0.05, 0) is 24.5 Å². The molecule has 2 aromatic rings. The van der Waals surface area contributed by atoms with Crippen LogP contribution in [0.2, 0.25) is 0 Å². The van der Waals surface area contributed by atoms with Crippen LogP contribution in [0.4, 0.5) is 18.3 Å². The smallest absolute Gasteiger partial charge is 0.300 e. The molecule has 1 heterocycles. The second-order valence-corrected chi connectivity index (χ2v) is 5.69. The maximum Gasteiger partial charge on any atom is 0.416 e. The molecular weight excluding hydrogens is 303 g/mol. The highest BCUT2D eigenvalue weighted by Gasteiger charge is 2.52. The van der Waals surface area contributed by atoms with E-state index in [2.05, 4.69) is 15.5 Å². The molecule has 1 aliphatic rings. The second kappa shape index (κ2) is 4.80. The molecule has 1 N–H and O–H groups in total. The lowest BCUT2D eigenvalue weighted by atomic mass is 9.93. The van der Waals surface area contributed by atoms with Crippen LogP contribution >= 0.6 is 11.3 Å². The molecule has 1 aliphatic carbocycles. The number of aromatic nitrogens is 2. The minimum absolute atomic E-state index is 0.335. The van der Waals surface area contributed by atoms with E-state index in [0.717, 1.165) is 23.5 Å². The van der Waals surface area contributed by atoms with E-state index in [4.69, 9.17) is 0 Å². The summed E-state index contributed by atoms with van der Waals surface area (Å²) in [5, 5.41) is 10.3. The summed E-state index contributed by atoms with van der Waals surface area (Å²) < 4.78 is 38.3. The summed E-state index contributed by atoms with van der Waals surface area (Å²) in [4.78, 5) is 12.3. The number of alkyl halides is 3. The van der Waals surface area contributed by atoms with Crippen LogP contribution in [0.1, 0.15) is 24.0 Å². The molecule has 0 saturated heterocycles. The zero-order valence-corrected chi connectivity index (χ0v) is 11.5. The molecular formula is C13H10F3N3OS. The molecule has 1 fully saturated rings. The number of carbonyl (C=O) groups is 1. The second-order valence-electron chi connectivity index (χ2n) is 4.86. The summed E-state index contributed by atoms with van der Waals surface area (Å²) in [6.45, 7) is 0. The van der Waals surface area contributed by atoms with E-state index in [0.29, 0.717) is 23.5 Å². The molecule has 110 valence electrons. The van der Waals surface area contributed by atoms with E-state index in [9.17, 15) is 18.0 Å². The maximum atomic E-state index is 12.8. The van der Waals surface area contributed by atoms with E-state index in [-0.39, 0.29) is 5.91 Å². The van der Waals surface area contributed by atoms with Crippen LogP contribution in [0.3, 0.4) is 0 Å². The van der Waals surface area contributed by atoms with Crippen molar-refractivity contribution < 1.29 is 18.0 Å². The lowest BCUT2D eigenvalue weighted by Gasteiger charge is -2.16. The topological polar surface area (TPSA) is 54.9 Å². The highest BCUT2D eigenvalue weighted by Crippen LogP contribution is 2.49. The number of amides is 1. The standard InChI is InChI=1S/C13H10F3N3OS/c14-13(15,16)9-3-1-2-8(6-9)12(4-5-12)10(20)18-11-19-17-7-21-11/h1-3,6-7H,4-5H2,(H,18,19,20). The quantitative estimate of drug-likeness (QED) is 0.946. The Morgan fingerprint density at radius 2 is 2.10 bits per heavy atom. The van der Waals surface area contributed by atoms with E-state index in [1.165, 1.54) is 11.6 Å². The molecule has 0 bridgehead atoms. The van der Waals surface area contributed by atoms with E-state index < -0.39 is 17.2 Å². The van der Waals surface area contributed by atoms with Crippen molar-refractivity contribution in [3.8, 4) is 0 Å². The molecule has 8 heteroatoms. The van der Waals surface area contributed by atoms with E-state index in [1.54, 1.807) is 6.07 Å². The number of hydrogen-bond donors (Lipinski definition) is 1. The van der Waals surface area contributed by atoms with E-state index >= 15 is 0 Å². The van der Waals surface area contributed by atoms with Crippen LogP contribution in [-0.2, 0) is 16.4 Å². The van der Waals surface area contributed by atoms with E-state index in [1.807, 2.05) is 0 Å². The Morgan fingerprint density at radius 1 is 1.33 bits per heavy atom. The first kappa shape index (κ1) is 14.0. The fourth-order valence-electron chi connectivity index (χ4n) is 2.21. The van der Waals surface area contributed by atoms with Crippen LogP contribution < -0.4 is 5.32 Å². The minimum atomic E-state index is -4.41. The van der Waals surface area contributed by atoms with Gasteiger partial charge in [-0.2, -0.15) is 13.2 Å². The average molecular weight is 313 g/mol. The number of nitrogens with one attached hydrogen (secondary N) is 1. The third-order valence-corrected chi connectivity index (χ3v) is 4.11. The largest absolute Gasteiger partial charge is 0.416 e. The Balaban J connectivity index is 1.87. The average Bonchev–Trinajstić information content (AvgIpc) is 3.11. The Morgan fingerprint density at radius 3 is 2.67 bits per heavy atom. The highest BCUT2D eigenvalue weighted by atomic mass is 32.1. The van der Waals surface area contributed by atoms with Crippen molar-refractivity contribution in [2.24, 2.45) is 0 Å². The molecule has 1 saturated carbocycles. The summed E-state index contributed by atoms with van der Waals surface area (Å²) in [6.07, 6.45) is -3.36. The van der Waals surface area contributed by atoms with Crippen molar-refractivity contribution in [3.63, 3.8) is 0 Å². The fraction of sp³-hybridized carbons (Fsp3) is 0.308. The Labute approximate surface area is 122 Å². The lowest BCUT2D eigenvalue weighted by Crippen LogP contribution is -2.28. The monoisotopic (exact) mass is 313 g/mol. The number of nitrogens with zero attached hydrogens (tertiary/aromatic N) is 2. The van der Waals surface area contributed by atoms with Crippen LogP contribution in [0.5, 0.6) is 0 Å². The zero-order valence-electron chi connectivity index (χ0n) is 10.6. The molecule has 4 nitrogen and oxygen atoms in total. The van der Waals surface area contributed by atoms with Gasteiger partial charge in [0.1, 0.15) is 5.51 Å². The Hall–Kier alpha value is -1.96. The molecule has 3 rings (SSSR count). The molecule has 0 spiro atoms. The predicted octanol–water partition coefficient (Wildman–Crippen LogP) is 3.23. The summed E-state index contributed by atoms with van der Waals surface area (Å²) >= 11 is 1.16. The van der Waals surface area contributed by atoms with Gasteiger partial charge >= 0.3 is 6.18 Å². The van der Waals surface area contributed by atoms with Gasteiger partial charge in [0.25, 0.3) is 0 Å². The molecule has 0 atom stereocenters. The molecule has 0 aliphatic heterocycles. The molecule has 1 aromatic heterocycles. The first-order valence-electron chi connectivity index (χ1n) is 6.17. The summed E-state index contributed by atoms with van der Waals surface area (Å²) in [6, 6.07) is 4.94. The van der Waals surface area contributed by atoms with Crippen LogP contribution in [0, 0.1) is 0 Å². The summed E-state index contributed by atoms with van der Waals surface area (Å²) in [7, 11) is 0. The van der Waals surface area contributed by atoms with Gasteiger partial charge < -0.3 is 0 Å². The van der Waals surface area contributed by atoms with Gasteiger partial charge in [0, 0.05) is 0 Å². The van der Waals surface area contributed by atoms with Crippen LogP contribution in [0.25, 0.3) is 0 Å². The molecule has 1 amide bonds. The normalized spacial score (nSPS) is 16.5. The molecule has 0 unspecified atom stereocenters. The van der Waals surface area contributed by atoms with Crippen molar-refractivity contribution in [1.82, 2.24) is 10.2 Å². The SMILES string of the molecule is O=C(Nc1nncs1)C1(c2cccc(C(F)(F)F)c2)CC1. The van der Waals surface area contributed by atoms with Gasteiger partial charge in [-0.25, -0.2) is 0 Å². The number of benzene rings is 1. The van der Waals surface area contributed by atoms with Gasteiger partial charge in [-0.15, -0.1) is 10.2 Å². The fourth-order valence-corrected chi connectivity index (χ4v) is 2.65. The highest BCUT2D eigenvalue weighted by molar-refractivity contribution is 7.13. The van der Waals surface area contributed by atoms with Crippen molar-refractivity contribution >= 4 is 22.4 Å². The van der Waals surface area contributed by atoms with Gasteiger partial charge in [-0.3, -0.25) is 10.1 Å².